The van der Waals surface area contributed by atoms with Gasteiger partial charge in [0.25, 0.3) is 5.91 Å². The van der Waals surface area contributed by atoms with Crippen molar-refractivity contribution in [3.8, 4) is 11.1 Å². The van der Waals surface area contributed by atoms with Gasteiger partial charge in [0.05, 0.1) is 4.88 Å². The van der Waals surface area contributed by atoms with Crippen molar-refractivity contribution in [2.45, 2.75) is 12.3 Å². The van der Waals surface area contributed by atoms with Crippen LogP contribution in [0.1, 0.15) is 27.6 Å². The number of rotatable bonds is 3. The van der Waals surface area contributed by atoms with Gasteiger partial charge in [-0.1, -0.05) is 60.7 Å². The molecule has 0 bridgehead atoms. The summed E-state index contributed by atoms with van der Waals surface area (Å²) in [5, 5.41) is 2.01. The van der Waals surface area contributed by atoms with Crippen LogP contribution in [-0.4, -0.2) is 23.9 Å². The Morgan fingerprint density at radius 3 is 2.42 bits per heavy atom. The minimum atomic E-state index is 0.169. The summed E-state index contributed by atoms with van der Waals surface area (Å²) in [5.41, 5.74) is 3.50. The van der Waals surface area contributed by atoms with Crippen LogP contribution in [0.3, 0.4) is 0 Å². The summed E-state index contributed by atoms with van der Waals surface area (Å²) in [6, 6.07) is 22.7. The number of nitrogens with zero attached hydrogens (tertiary/aromatic N) is 1. The average Bonchev–Trinajstić information content (AvgIpc) is 3.32. The summed E-state index contributed by atoms with van der Waals surface area (Å²) in [6.45, 7) is 1.65. The van der Waals surface area contributed by atoms with Crippen LogP contribution in [0.15, 0.2) is 72.1 Å². The first-order chi connectivity index (χ1) is 11.8. The van der Waals surface area contributed by atoms with E-state index in [1.54, 1.807) is 11.3 Å². The monoisotopic (exact) mass is 333 g/mol. The summed E-state index contributed by atoms with van der Waals surface area (Å²) < 4.78 is 0. The fourth-order valence-corrected chi connectivity index (χ4v) is 4.29. The molecule has 120 valence electrons. The fourth-order valence-electron chi connectivity index (χ4n) is 3.41. The van der Waals surface area contributed by atoms with Gasteiger partial charge in [0.15, 0.2) is 0 Å². The summed E-state index contributed by atoms with van der Waals surface area (Å²) in [7, 11) is 0. The maximum Gasteiger partial charge on any atom is 0.264 e. The highest BCUT2D eigenvalue weighted by molar-refractivity contribution is 7.12. The predicted octanol–water partition coefficient (Wildman–Crippen LogP) is 5.04. The van der Waals surface area contributed by atoms with Gasteiger partial charge in [-0.15, -0.1) is 11.3 Å². The van der Waals surface area contributed by atoms with E-state index in [0.29, 0.717) is 5.92 Å². The molecule has 0 spiro atoms. The number of carbonyl (C=O) groups excluding carboxylic acids is 1. The van der Waals surface area contributed by atoms with E-state index in [2.05, 4.69) is 42.5 Å². The molecule has 0 unspecified atom stereocenters. The molecule has 3 aromatic rings. The largest absolute Gasteiger partial charge is 0.337 e. The van der Waals surface area contributed by atoms with E-state index in [-0.39, 0.29) is 5.91 Å². The molecule has 0 aliphatic carbocycles. The minimum absolute atomic E-state index is 0.169. The van der Waals surface area contributed by atoms with Gasteiger partial charge in [-0.05, 0) is 29.0 Å². The van der Waals surface area contributed by atoms with Crippen molar-refractivity contribution in [3.05, 3.63) is 82.6 Å². The highest BCUT2D eigenvalue weighted by atomic mass is 32.1. The van der Waals surface area contributed by atoms with E-state index in [1.807, 2.05) is 34.5 Å². The van der Waals surface area contributed by atoms with Crippen LogP contribution in [0, 0.1) is 0 Å². The number of hydrogen-bond acceptors (Lipinski definition) is 2. The van der Waals surface area contributed by atoms with Crippen molar-refractivity contribution < 1.29 is 4.79 Å². The molecule has 1 fully saturated rings. The van der Waals surface area contributed by atoms with Crippen LogP contribution in [0.2, 0.25) is 0 Å². The SMILES string of the molecule is O=C(c1sccc1-c1ccccc1)N1CC[C@H](c2ccccc2)C1. The average molecular weight is 333 g/mol. The molecule has 4 rings (SSSR count). The van der Waals surface area contributed by atoms with Gasteiger partial charge in [0.2, 0.25) is 0 Å². The second-order valence-corrected chi connectivity index (χ2v) is 7.09. The minimum Gasteiger partial charge on any atom is -0.337 e. The van der Waals surface area contributed by atoms with Crippen LogP contribution >= 0.6 is 11.3 Å². The first-order valence-corrected chi connectivity index (χ1v) is 9.18. The molecule has 1 saturated heterocycles. The number of likely N-dealkylation sites (tertiary alicyclic amines) is 1. The Morgan fingerprint density at radius 2 is 1.67 bits per heavy atom. The van der Waals surface area contributed by atoms with Gasteiger partial charge in [-0.25, -0.2) is 0 Å². The van der Waals surface area contributed by atoms with E-state index >= 15 is 0 Å². The van der Waals surface area contributed by atoms with Crippen molar-refractivity contribution in [1.29, 1.82) is 0 Å². The van der Waals surface area contributed by atoms with Gasteiger partial charge in [0, 0.05) is 24.6 Å². The van der Waals surface area contributed by atoms with E-state index in [1.165, 1.54) is 5.56 Å². The van der Waals surface area contributed by atoms with Gasteiger partial charge in [-0.3, -0.25) is 4.79 Å². The quantitative estimate of drug-likeness (QED) is 0.657. The van der Waals surface area contributed by atoms with Crippen LogP contribution in [0.25, 0.3) is 11.1 Å². The molecule has 0 radical (unpaired) electrons. The normalized spacial score (nSPS) is 17.2. The summed E-state index contributed by atoms with van der Waals surface area (Å²) in [6.07, 6.45) is 1.04. The number of hydrogen-bond donors (Lipinski definition) is 0. The van der Waals surface area contributed by atoms with E-state index in [9.17, 15) is 4.79 Å². The van der Waals surface area contributed by atoms with Gasteiger partial charge in [0.1, 0.15) is 0 Å². The van der Waals surface area contributed by atoms with Crippen LogP contribution < -0.4 is 0 Å². The molecule has 1 aliphatic heterocycles. The Labute approximate surface area is 146 Å². The van der Waals surface area contributed by atoms with E-state index in [0.717, 1.165) is 35.5 Å². The maximum absolute atomic E-state index is 13.0. The highest BCUT2D eigenvalue weighted by Crippen LogP contribution is 2.33. The predicted molar refractivity (Wildman–Crippen MR) is 99.5 cm³/mol. The molecule has 24 heavy (non-hydrogen) atoms. The first-order valence-electron chi connectivity index (χ1n) is 8.30. The molecule has 3 heteroatoms. The molecule has 1 atom stereocenters. The lowest BCUT2D eigenvalue weighted by molar-refractivity contribution is 0.0796. The maximum atomic E-state index is 13.0. The Bertz CT molecular complexity index is 825. The zero-order valence-electron chi connectivity index (χ0n) is 13.4. The van der Waals surface area contributed by atoms with Crippen LogP contribution in [0.5, 0.6) is 0 Å². The van der Waals surface area contributed by atoms with Crippen molar-refractivity contribution in [3.63, 3.8) is 0 Å². The van der Waals surface area contributed by atoms with Gasteiger partial charge >= 0.3 is 0 Å². The van der Waals surface area contributed by atoms with Gasteiger partial charge in [-0.2, -0.15) is 0 Å². The standard InChI is InChI=1S/C21H19NOS/c23-21(20-19(12-14-24-20)17-9-5-2-6-10-17)22-13-11-18(15-22)16-7-3-1-4-8-16/h1-10,12,14,18H,11,13,15H2/t18-/m0/s1. The zero-order valence-corrected chi connectivity index (χ0v) is 14.2. The molecule has 0 N–H and O–H groups in total. The molecule has 1 amide bonds. The van der Waals surface area contributed by atoms with E-state index in [4.69, 9.17) is 0 Å². The number of benzene rings is 2. The second-order valence-electron chi connectivity index (χ2n) is 6.18. The van der Waals surface area contributed by atoms with E-state index < -0.39 is 0 Å². The Balaban J connectivity index is 1.55. The third kappa shape index (κ3) is 2.87. The first kappa shape index (κ1) is 15.2. The lowest BCUT2D eigenvalue weighted by atomic mass is 9.99. The number of thiophene rings is 1. The fraction of sp³-hybridized carbons (Fsp3) is 0.190. The van der Waals surface area contributed by atoms with Gasteiger partial charge < -0.3 is 4.90 Å². The molecule has 2 aromatic carbocycles. The Kier molecular flexibility index (Phi) is 4.18. The number of amides is 1. The lowest BCUT2D eigenvalue weighted by Crippen LogP contribution is -2.28. The molecule has 0 saturated carbocycles. The van der Waals surface area contributed by atoms with Crippen molar-refractivity contribution >= 4 is 17.2 Å². The van der Waals surface area contributed by atoms with Crippen molar-refractivity contribution in [2.24, 2.45) is 0 Å². The smallest absolute Gasteiger partial charge is 0.264 e. The Morgan fingerprint density at radius 1 is 0.958 bits per heavy atom. The topological polar surface area (TPSA) is 20.3 Å². The third-order valence-corrected chi connectivity index (χ3v) is 5.59. The highest BCUT2D eigenvalue weighted by Gasteiger charge is 2.29. The Hall–Kier alpha value is -2.39. The molecule has 1 aliphatic rings. The summed E-state index contributed by atoms with van der Waals surface area (Å²) in [4.78, 5) is 15.9. The second kappa shape index (κ2) is 6.62. The van der Waals surface area contributed by atoms with Crippen LogP contribution in [-0.2, 0) is 0 Å². The molecule has 2 heterocycles. The molecule has 1 aromatic heterocycles. The van der Waals surface area contributed by atoms with Crippen molar-refractivity contribution in [2.75, 3.05) is 13.1 Å². The number of carbonyl (C=O) groups is 1. The summed E-state index contributed by atoms with van der Waals surface area (Å²) >= 11 is 1.55. The molecule has 2 nitrogen and oxygen atoms in total. The summed E-state index contributed by atoms with van der Waals surface area (Å²) in [5.74, 6) is 0.623. The molecular formula is C21H19NOS. The lowest BCUT2D eigenvalue weighted by Gasteiger charge is -2.17. The third-order valence-electron chi connectivity index (χ3n) is 4.69. The van der Waals surface area contributed by atoms with Crippen LogP contribution in [0.4, 0.5) is 0 Å². The molecular weight excluding hydrogens is 314 g/mol. The zero-order chi connectivity index (χ0) is 16.4. The van der Waals surface area contributed by atoms with Crippen molar-refractivity contribution in [1.82, 2.24) is 4.90 Å².